The third kappa shape index (κ3) is 4.22. The zero-order valence-corrected chi connectivity index (χ0v) is 14.3. The van der Waals surface area contributed by atoms with E-state index in [1.165, 1.54) is 17.8 Å². The van der Waals surface area contributed by atoms with Crippen LogP contribution in [0.15, 0.2) is 5.38 Å². The van der Waals surface area contributed by atoms with E-state index in [0.29, 0.717) is 18.9 Å². The fourth-order valence-corrected chi connectivity index (χ4v) is 4.15. The van der Waals surface area contributed by atoms with E-state index in [9.17, 15) is 9.59 Å². The van der Waals surface area contributed by atoms with Gasteiger partial charge in [0.1, 0.15) is 0 Å². The lowest BCUT2D eigenvalue weighted by atomic mass is 9.95. The Morgan fingerprint density at radius 2 is 2.26 bits per heavy atom. The largest absolute Gasteiger partial charge is 0.370 e. The summed E-state index contributed by atoms with van der Waals surface area (Å²) >= 11 is 1.69. The van der Waals surface area contributed by atoms with Crippen molar-refractivity contribution in [3.05, 3.63) is 16.1 Å². The number of thiazole rings is 1. The number of carbonyl (C=O) groups is 2. The molecule has 3 rings (SSSR count). The number of nitrogens with one attached hydrogen (secondary N) is 1. The number of nitrogens with zero attached hydrogens (tertiary/aromatic N) is 2. The molecule has 1 aliphatic heterocycles. The third-order valence-corrected chi connectivity index (χ3v) is 5.57. The van der Waals surface area contributed by atoms with Crippen LogP contribution < -0.4 is 11.1 Å². The van der Waals surface area contributed by atoms with Crippen LogP contribution in [0.3, 0.4) is 0 Å². The van der Waals surface area contributed by atoms with Crippen LogP contribution >= 0.6 is 11.3 Å². The number of likely N-dealkylation sites (tertiary alicyclic amines) is 1. The van der Waals surface area contributed by atoms with Crippen molar-refractivity contribution in [1.82, 2.24) is 15.2 Å². The third-order valence-electron chi connectivity index (χ3n) is 4.55. The summed E-state index contributed by atoms with van der Waals surface area (Å²) in [5.41, 5.74) is 6.21. The molecule has 1 saturated heterocycles. The van der Waals surface area contributed by atoms with E-state index < -0.39 is 0 Å². The summed E-state index contributed by atoms with van der Waals surface area (Å²) in [6.45, 7) is 3.30. The molecule has 1 aromatic rings. The topological polar surface area (TPSA) is 88.3 Å². The van der Waals surface area contributed by atoms with Crippen LogP contribution in [0.2, 0.25) is 0 Å². The molecule has 2 aliphatic rings. The first-order valence-corrected chi connectivity index (χ1v) is 9.20. The Hall–Kier alpha value is -1.63. The Labute approximate surface area is 140 Å². The summed E-state index contributed by atoms with van der Waals surface area (Å²) in [6, 6.07) is -0.171. The number of primary amides is 1. The summed E-state index contributed by atoms with van der Waals surface area (Å²) in [5.74, 6) is 0.539. The molecular formula is C16H24N4O2S. The maximum Gasteiger partial charge on any atom is 0.317 e. The first kappa shape index (κ1) is 16.2. The zero-order chi connectivity index (χ0) is 16.4. The summed E-state index contributed by atoms with van der Waals surface area (Å²) in [5, 5.41) is 6.27. The lowest BCUT2D eigenvalue weighted by molar-refractivity contribution is -0.119. The highest BCUT2D eigenvalue weighted by Crippen LogP contribution is 2.41. The van der Waals surface area contributed by atoms with Crippen molar-refractivity contribution in [2.75, 3.05) is 13.1 Å². The van der Waals surface area contributed by atoms with Gasteiger partial charge in [-0.05, 0) is 38.5 Å². The number of amides is 3. The molecule has 1 saturated carbocycles. The number of hydrogen-bond donors (Lipinski definition) is 2. The summed E-state index contributed by atoms with van der Waals surface area (Å²) < 4.78 is 0. The average Bonchev–Trinajstić information content (AvgIpc) is 3.24. The molecule has 1 aliphatic carbocycles. The molecule has 0 spiro atoms. The van der Waals surface area contributed by atoms with Crippen LogP contribution in [-0.2, 0) is 4.79 Å². The van der Waals surface area contributed by atoms with E-state index in [2.05, 4.69) is 10.3 Å². The van der Waals surface area contributed by atoms with Gasteiger partial charge in [-0.25, -0.2) is 9.78 Å². The number of piperidine rings is 1. The van der Waals surface area contributed by atoms with Crippen molar-refractivity contribution in [3.63, 3.8) is 0 Å². The molecule has 0 aromatic carbocycles. The van der Waals surface area contributed by atoms with Gasteiger partial charge in [0, 0.05) is 30.8 Å². The van der Waals surface area contributed by atoms with Gasteiger partial charge in [-0.15, -0.1) is 11.3 Å². The second-order valence-electron chi connectivity index (χ2n) is 6.68. The molecule has 0 bridgehead atoms. The predicted octanol–water partition coefficient (Wildman–Crippen LogP) is 2.38. The SMILES string of the molecule is C[C@H](NC(=O)N1CCC[C@H](CC(N)=O)C1)c1csc(C2CC2)n1. The van der Waals surface area contributed by atoms with Crippen molar-refractivity contribution < 1.29 is 9.59 Å². The molecule has 6 nitrogen and oxygen atoms in total. The van der Waals surface area contributed by atoms with Gasteiger partial charge in [0.05, 0.1) is 16.7 Å². The minimum absolute atomic E-state index is 0.0763. The van der Waals surface area contributed by atoms with Crippen molar-refractivity contribution in [3.8, 4) is 0 Å². The maximum absolute atomic E-state index is 12.4. The smallest absolute Gasteiger partial charge is 0.317 e. The Bertz CT molecular complexity index is 584. The van der Waals surface area contributed by atoms with Crippen molar-refractivity contribution >= 4 is 23.3 Å². The van der Waals surface area contributed by atoms with Gasteiger partial charge >= 0.3 is 6.03 Å². The van der Waals surface area contributed by atoms with Crippen LogP contribution in [0, 0.1) is 5.92 Å². The molecular weight excluding hydrogens is 312 g/mol. The molecule has 0 unspecified atom stereocenters. The Balaban J connectivity index is 1.53. The van der Waals surface area contributed by atoms with E-state index in [-0.39, 0.29) is 23.9 Å². The highest BCUT2D eigenvalue weighted by atomic mass is 32.1. The number of urea groups is 1. The molecule has 3 amide bonds. The number of aromatic nitrogens is 1. The second-order valence-corrected chi connectivity index (χ2v) is 7.57. The normalized spacial score (nSPS) is 22.7. The van der Waals surface area contributed by atoms with E-state index in [1.807, 2.05) is 12.3 Å². The highest BCUT2D eigenvalue weighted by Gasteiger charge is 2.28. The highest BCUT2D eigenvalue weighted by molar-refractivity contribution is 7.09. The predicted molar refractivity (Wildman–Crippen MR) is 89.1 cm³/mol. The summed E-state index contributed by atoms with van der Waals surface area (Å²) in [7, 11) is 0. The van der Waals surface area contributed by atoms with Gasteiger partial charge in [0.25, 0.3) is 0 Å². The van der Waals surface area contributed by atoms with Gasteiger partial charge in [0.2, 0.25) is 5.91 Å². The van der Waals surface area contributed by atoms with Gasteiger partial charge < -0.3 is 16.0 Å². The van der Waals surface area contributed by atoms with E-state index in [4.69, 9.17) is 5.73 Å². The summed E-state index contributed by atoms with van der Waals surface area (Å²) in [4.78, 5) is 29.9. The van der Waals surface area contributed by atoms with Gasteiger partial charge in [-0.2, -0.15) is 0 Å². The van der Waals surface area contributed by atoms with Gasteiger partial charge in [-0.3, -0.25) is 4.79 Å². The van der Waals surface area contributed by atoms with Crippen LogP contribution in [0.1, 0.15) is 61.7 Å². The number of hydrogen-bond acceptors (Lipinski definition) is 4. The van der Waals surface area contributed by atoms with Crippen LogP contribution in [0.25, 0.3) is 0 Å². The summed E-state index contributed by atoms with van der Waals surface area (Å²) in [6.07, 6.45) is 4.71. The number of rotatable bonds is 5. The lowest BCUT2D eigenvalue weighted by Gasteiger charge is -2.33. The second kappa shape index (κ2) is 6.86. The zero-order valence-electron chi connectivity index (χ0n) is 13.5. The van der Waals surface area contributed by atoms with Crippen molar-refractivity contribution in [1.29, 1.82) is 0 Å². The van der Waals surface area contributed by atoms with Crippen LogP contribution in [-0.4, -0.2) is 34.9 Å². The molecule has 3 N–H and O–H groups in total. The number of nitrogens with two attached hydrogens (primary N) is 1. The molecule has 1 aromatic heterocycles. The van der Waals surface area contributed by atoms with E-state index >= 15 is 0 Å². The Kier molecular flexibility index (Phi) is 4.84. The number of carbonyl (C=O) groups excluding carboxylic acids is 2. The quantitative estimate of drug-likeness (QED) is 0.865. The fraction of sp³-hybridized carbons (Fsp3) is 0.688. The minimum Gasteiger partial charge on any atom is -0.370 e. The van der Waals surface area contributed by atoms with Crippen LogP contribution in [0.4, 0.5) is 4.79 Å². The molecule has 126 valence electrons. The van der Waals surface area contributed by atoms with Crippen molar-refractivity contribution in [2.24, 2.45) is 11.7 Å². The van der Waals surface area contributed by atoms with E-state index in [1.54, 1.807) is 16.2 Å². The molecule has 2 fully saturated rings. The molecule has 23 heavy (non-hydrogen) atoms. The monoisotopic (exact) mass is 336 g/mol. The fourth-order valence-electron chi connectivity index (χ4n) is 3.07. The first-order chi connectivity index (χ1) is 11.0. The minimum atomic E-state index is -0.291. The van der Waals surface area contributed by atoms with Crippen LogP contribution in [0.5, 0.6) is 0 Å². The average molecular weight is 336 g/mol. The van der Waals surface area contributed by atoms with Gasteiger partial charge in [0.15, 0.2) is 0 Å². The maximum atomic E-state index is 12.4. The first-order valence-electron chi connectivity index (χ1n) is 8.32. The lowest BCUT2D eigenvalue weighted by Crippen LogP contribution is -2.46. The molecule has 2 heterocycles. The molecule has 2 atom stereocenters. The van der Waals surface area contributed by atoms with E-state index in [0.717, 1.165) is 25.1 Å². The van der Waals surface area contributed by atoms with Gasteiger partial charge in [-0.1, -0.05) is 0 Å². The Morgan fingerprint density at radius 1 is 1.48 bits per heavy atom. The molecule has 0 radical (unpaired) electrons. The standard InChI is InChI=1S/C16H24N4O2S/c1-10(13-9-23-15(19-13)12-4-5-12)18-16(22)20-6-2-3-11(8-20)7-14(17)21/h9-12H,2-8H2,1H3,(H2,17,21)(H,18,22)/t10-,11+/m0/s1. The van der Waals surface area contributed by atoms with Crippen molar-refractivity contribution in [2.45, 2.75) is 51.0 Å². The molecule has 7 heteroatoms. The Morgan fingerprint density at radius 3 is 2.96 bits per heavy atom.